The number of aliphatic carboxylic acids is 1. The van der Waals surface area contributed by atoms with Crippen molar-refractivity contribution in [2.24, 2.45) is 11.8 Å². The minimum atomic E-state index is -1.80. The largest absolute Gasteiger partial charge is 0.494 e. The lowest BCUT2D eigenvalue weighted by Crippen LogP contribution is -2.57. The standard InChI is InChI=1S/C27H20N2O7/c1-2-36-14-11-12-19(20(13-14)29(34)35)28-24(30)22-21-15-7-3-5-9-17(15)27(26(32)33,23(22)25(28)31)18-10-6-4-8-16(18)21/h3-13,21-23H,2H2,1H3,(H,32,33)/t21?,22-,23+,27?/m1/s1. The highest BCUT2D eigenvalue weighted by molar-refractivity contribution is 6.26. The summed E-state index contributed by atoms with van der Waals surface area (Å²) in [5.41, 5.74) is -0.131. The molecule has 0 radical (unpaired) electrons. The summed E-state index contributed by atoms with van der Waals surface area (Å²) in [5, 5.41) is 22.7. The van der Waals surface area contributed by atoms with E-state index in [1.807, 2.05) is 0 Å². The smallest absolute Gasteiger partial charge is 0.319 e. The van der Waals surface area contributed by atoms with E-state index in [-0.39, 0.29) is 18.0 Å². The maximum Gasteiger partial charge on any atom is 0.319 e. The number of hydrogen-bond donors (Lipinski definition) is 1. The molecule has 180 valence electrons. The molecule has 0 unspecified atom stereocenters. The number of benzene rings is 3. The molecule has 1 saturated heterocycles. The van der Waals surface area contributed by atoms with Crippen LogP contribution < -0.4 is 9.64 Å². The van der Waals surface area contributed by atoms with Gasteiger partial charge in [-0.15, -0.1) is 0 Å². The maximum atomic E-state index is 14.0. The van der Waals surface area contributed by atoms with Crippen molar-refractivity contribution in [1.82, 2.24) is 0 Å². The van der Waals surface area contributed by atoms with Gasteiger partial charge >= 0.3 is 5.97 Å². The van der Waals surface area contributed by atoms with Crippen molar-refractivity contribution in [2.75, 3.05) is 11.5 Å². The summed E-state index contributed by atoms with van der Waals surface area (Å²) in [6, 6.07) is 17.9. The van der Waals surface area contributed by atoms with Gasteiger partial charge in [0.05, 0.1) is 29.4 Å². The number of nitrogens with zero attached hydrogens (tertiary/aromatic N) is 2. The van der Waals surface area contributed by atoms with Crippen LogP contribution in [0.1, 0.15) is 35.1 Å². The van der Waals surface area contributed by atoms with Crippen LogP contribution >= 0.6 is 0 Å². The topological polar surface area (TPSA) is 127 Å². The van der Waals surface area contributed by atoms with Gasteiger partial charge in [-0.1, -0.05) is 48.5 Å². The first-order chi connectivity index (χ1) is 17.3. The Morgan fingerprint density at radius 2 is 1.64 bits per heavy atom. The van der Waals surface area contributed by atoms with Crippen LogP contribution in [0.4, 0.5) is 11.4 Å². The SMILES string of the molecule is CCOc1ccc(N2C(=O)[C@@H]3C4c5ccccc5C(C(=O)O)(c5ccccc54)[C@@H]3C2=O)c([N+](=O)[O-])c1. The van der Waals surface area contributed by atoms with E-state index in [2.05, 4.69) is 0 Å². The molecule has 0 spiro atoms. The fourth-order valence-corrected chi connectivity index (χ4v) is 6.47. The van der Waals surface area contributed by atoms with Crippen LogP contribution in [-0.2, 0) is 19.8 Å². The molecule has 3 aromatic rings. The maximum absolute atomic E-state index is 14.0. The summed E-state index contributed by atoms with van der Waals surface area (Å²) in [6.45, 7) is 2.01. The Balaban J connectivity index is 1.61. The molecule has 1 aliphatic heterocycles. The number of ether oxygens (including phenoxy) is 1. The second-order valence-corrected chi connectivity index (χ2v) is 9.12. The number of hydrogen-bond acceptors (Lipinski definition) is 6. The van der Waals surface area contributed by atoms with Gasteiger partial charge in [-0.2, -0.15) is 0 Å². The Hall–Kier alpha value is -4.53. The zero-order chi connectivity index (χ0) is 25.4. The van der Waals surface area contributed by atoms with Gasteiger partial charge in [0.25, 0.3) is 5.69 Å². The van der Waals surface area contributed by atoms with Gasteiger partial charge in [0.2, 0.25) is 11.8 Å². The first kappa shape index (κ1) is 22.0. The fraction of sp³-hybridized carbons (Fsp3) is 0.222. The van der Waals surface area contributed by atoms with Crippen molar-refractivity contribution in [3.8, 4) is 5.75 Å². The Kier molecular flexibility index (Phi) is 4.57. The van der Waals surface area contributed by atoms with Crippen molar-refractivity contribution in [1.29, 1.82) is 0 Å². The quantitative estimate of drug-likeness (QED) is 0.333. The van der Waals surface area contributed by atoms with E-state index < -0.39 is 51.6 Å². The molecule has 3 aliphatic carbocycles. The molecular formula is C27H20N2O7. The highest BCUT2D eigenvalue weighted by Crippen LogP contribution is 2.64. The predicted octanol–water partition coefficient (Wildman–Crippen LogP) is 3.63. The first-order valence-electron chi connectivity index (χ1n) is 11.5. The number of rotatable bonds is 5. The van der Waals surface area contributed by atoms with E-state index in [0.717, 1.165) is 4.90 Å². The Morgan fingerprint density at radius 3 is 2.19 bits per heavy atom. The lowest BCUT2D eigenvalue weighted by molar-refractivity contribution is -0.384. The lowest BCUT2D eigenvalue weighted by Gasteiger charge is -2.51. The van der Waals surface area contributed by atoms with E-state index in [0.29, 0.717) is 22.3 Å². The summed E-state index contributed by atoms with van der Waals surface area (Å²) in [6.07, 6.45) is 0. The van der Waals surface area contributed by atoms with Crippen molar-refractivity contribution in [3.63, 3.8) is 0 Å². The van der Waals surface area contributed by atoms with E-state index in [1.54, 1.807) is 55.5 Å². The molecule has 7 rings (SSSR count). The zero-order valence-electron chi connectivity index (χ0n) is 19.1. The van der Waals surface area contributed by atoms with Crippen LogP contribution in [-0.4, -0.2) is 34.4 Å². The number of carbonyl (C=O) groups excluding carboxylic acids is 2. The van der Waals surface area contributed by atoms with Crippen LogP contribution in [0.3, 0.4) is 0 Å². The number of nitro benzene ring substituents is 1. The predicted molar refractivity (Wildman–Crippen MR) is 127 cm³/mol. The number of carboxylic acids is 1. The van der Waals surface area contributed by atoms with Gasteiger partial charge in [0.15, 0.2) is 0 Å². The molecule has 0 aromatic heterocycles. The van der Waals surface area contributed by atoms with Crippen LogP contribution in [0.25, 0.3) is 0 Å². The highest BCUT2D eigenvalue weighted by atomic mass is 16.6. The van der Waals surface area contributed by atoms with E-state index in [9.17, 15) is 29.6 Å². The summed E-state index contributed by atoms with van der Waals surface area (Å²) in [7, 11) is 0. The number of carboxylic acid groups (broad SMARTS) is 1. The third-order valence-electron chi connectivity index (χ3n) is 7.65. The molecule has 1 N–H and O–H groups in total. The van der Waals surface area contributed by atoms with Gasteiger partial charge in [0, 0.05) is 5.92 Å². The summed E-state index contributed by atoms with van der Waals surface area (Å²) >= 11 is 0. The van der Waals surface area contributed by atoms with E-state index in [1.165, 1.54) is 18.2 Å². The van der Waals surface area contributed by atoms with Crippen molar-refractivity contribution >= 4 is 29.2 Å². The molecule has 9 heteroatoms. The van der Waals surface area contributed by atoms with Crippen LogP contribution in [0.5, 0.6) is 5.75 Å². The average molecular weight is 484 g/mol. The normalized spacial score (nSPS) is 25.2. The molecule has 1 heterocycles. The minimum absolute atomic E-state index is 0.194. The number of anilines is 1. The number of amides is 2. The number of imide groups is 1. The fourth-order valence-electron chi connectivity index (χ4n) is 6.47. The van der Waals surface area contributed by atoms with Crippen LogP contribution in [0.15, 0.2) is 66.7 Å². The Morgan fingerprint density at radius 1 is 1.03 bits per heavy atom. The molecule has 4 aliphatic rings. The molecule has 9 nitrogen and oxygen atoms in total. The van der Waals surface area contributed by atoms with Crippen molar-refractivity contribution in [2.45, 2.75) is 18.3 Å². The van der Waals surface area contributed by atoms with E-state index in [4.69, 9.17) is 4.74 Å². The molecule has 2 atom stereocenters. The summed E-state index contributed by atoms with van der Waals surface area (Å²) in [5.74, 6) is -5.21. The van der Waals surface area contributed by atoms with Crippen LogP contribution in [0, 0.1) is 22.0 Å². The Labute approximate surface area is 205 Å². The monoisotopic (exact) mass is 484 g/mol. The second kappa shape index (κ2) is 7.48. The molecular weight excluding hydrogens is 464 g/mol. The van der Waals surface area contributed by atoms with Crippen molar-refractivity contribution in [3.05, 3.63) is 99.1 Å². The Bertz CT molecular complexity index is 1450. The summed E-state index contributed by atoms with van der Waals surface area (Å²) < 4.78 is 5.37. The highest BCUT2D eigenvalue weighted by Gasteiger charge is 2.71. The first-order valence-corrected chi connectivity index (χ1v) is 11.5. The molecule has 2 bridgehead atoms. The molecule has 1 fully saturated rings. The second-order valence-electron chi connectivity index (χ2n) is 9.12. The van der Waals surface area contributed by atoms with Gasteiger partial charge < -0.3 is 9.84 Å². The molecule has 36 heavy (non-hydrogen) atoms. The minimum Gasteiger partial charge on any atom is -0.494 e. The lowest BCUT2D eigenvalue weighted by atomic mass is 9.47. The van der Waals surface area contributed by atoms with Gasteiger partial charge in [-0.05, 0) is 41.3 Å². The number of nitro groups is 1. The third kappa shape index (κ3) is 2.51. The van der Waals surface area contributed by atoms with E-state index >= 15 is 0 Å². The number of carbonyl (C=O) groups is 3. The zero-order valence-corrected chi connectivity index (χ0v) is 19.1. The molecule has 2 amide bonds. The average Bonchev–Trinajstić information content (AvgIpc) is 3.14. The van der Waals surface area contributed by atoms with Crippen molar-refractivity contribution < 1.29 is 29.2 Å². The van der Waals surface area contributed by atoms with Crippen LogP contribution in [0.2, 0.25) is 0 Å². The molecule has 3 aromatic carbocycles. The van der Waals surface area contributed by atoms with Gasteiger partial charge in [-0.25, -0.2) is 4.90 Å². The van der Waals surface area contributed by atoms with Gasteiger partial charge in [0.1, 0.15) is 16.9 Å². The van der Waals surface area contributed by atoms with Gasteiger partial charge in [-0.3, -0.25) is 24.5 Å². The summed E-state index contributed by atoms with van der Waals surface area (Å²) in [4.78, 5) is 53.3. The molecule has 0 saturated carbocycles. The third-order valence-corrected chi connectivity index (χ3v) is 7.65.